The molecule has 1 aromatic heterocycles. The lowest BCUT2D eigenvalue weighted by Gasteiger charge is -2.26. The lowest BCUT2D eigenvalue weighted by atomic mass is 10.3. The fraction of sp³-hybridized carbons (Fsp3) is 0.615. The van der Waals surface area contributed by atoms with Gasteiger partial charge in [0.05, 0.1) is 25.1 Å². The average molecular weight is 280 g/mol. The largest absolute Gasteiger partial charge is 0.378 e. The first-order valence-corrected chi connectivity index (χ1v) is 6.87. The number of nitrogens with one attached hydrogen (secondary N) is 1. The summed E-state index contributed by atoms with van der Waals surface area (Å²) in [5, 5.41) is 6.84. The smallest absolute Gasteiger partial charge is 0.244 e. The quantitative estimate of drug-likeness (QED) is 0.851. The molecular weight excluding hydrogens is 260 g/mol. The van der Waals surface area contributed by atoms with Gasteiger partial charge in [-0.05, 0) is 6.42 Å². The molecule has 1 aliphatic rings. The molecule has 110 valence electrons. The molecule has 2 heterocycles. The van der Waals surface area contributed by atoms with Crippen LogP contribution in [0.4, 0.5) is 5.69 Å². The Bertz CT molecular complexity index is 466. The van der Waals surface area contributed by atoms with Crippen molar-refractivity contribution in [2.75, 3.05) is 31.6 Å². The zero-order valence-electron chi connectivity index (χ0n) is 11.7. The molecule has 7 nitrogen and oxygen atoms in total. The summed E-state index contributed by atoms with van der Waals surface area (Å²) in [7, 11) is 0. The Morgan fingerprint density at radius 2 is 2.15 bits per heavy atom. The third-order valence-electron chi connectivity index (χ3n) is 3.06. The summed E-state index contributed by atoms with van der Waals surface area (Å²) in [5.41, 5.74) is 0.623. The van der Waals surface area contributed by atoms with Gasteiger partial charge in [0, 0.05) is 25.7 Å². The molecule has 0 spiro atoms. The molecule has 0 unspecified atom stereocenters. The fourth-order valence-electron chi connectivity index (χ4n) is 2.02. The van der Waals surface area contributed by atoms with Crippen molar-refractivity contribution in [3.05, 3.63) is 12.4 Å². The minimum absolute atomic E-state index is 0.0165. The van der Waals surface area contributed by atoms with E-state index in [9.17, 15) is 9.59 Å². The van der Waals surface area contributed by atoms with Gasteiger partial charge in [0.1, 0.15) is 6.54 Å². The first-order chi connectivity index (χ1) is 9.69. The number of rotatable bonds is 5. The lowest BCUT2D eigenvalue weighted by Crippen LogP contribution is -2.42. The molecule has 0 atom stereocenters. The van der Waals surface area contributed by atoms with Crippen molar-refractivity contribution < 1.29 is 14.3 Å². The van der Waals surface area contributed by atoms with Gasteiger partial charge in [-0.15, -0.1) is 0 Å². The van der Waals surface area contributed by atoms with Crippen LogP contribution in [0.3, 0.4) is 0 Å². The van der Waals surface area contributed by atoms with Gasteiger partial charge in [0.15, 0.2) is 0 Å². The second kappa shape index (κ2) is 7.04. The maximum absolute atomic E-state index is 12.0. The molecule has 1 N–H and O–H groups in total. The van der Waals surface area contributed by atoms with Gasteiger partial charge in [0.2, 0.25) is 11.8 Å². The van der Waals surface area contributed by atoms with E-state index in [0.717, 1.165) is 6.42 Å². The first-order valence-electron chi connectivity index (χ1n) is 6.87. The van der Waals surface area contributed by atoms with E-state index in [-0.39, 0.29) is 18.4 Å². The third-order valence-corrected chi connectivity index (χ3v) is 3.06. The number of anilines is 1. The normalized spacial score (nSPS) is 15.2. The van der Waals surface area contributed by atoms with Crippen molar-refractivity contribution in [2.45, 2.75) is 26.3 Å². The van der Waals surface area contributed by atoms with E-state index in [0.29, 0.717) is 38.4 Å². The summed E-state index contributed by atoms with van der Waals surface area (Å²) in [5.74, 6) is -0.0191. The number of hydrogen-bond donors (Lipinski definition) is 1. The van der Waals surface area contributed by atoms with E-state index in [4.69, 9.17) is 4.74 Å². The van der Waals surface area contributed by atoms with E-state index in [1.165, 1.54) is 0 Å². The predicted molar refractivity (Wildman–Crippen MR) is 73.2 cm³/mol. The van der Waals surface area contributed by atoms with Gasteiger partial charge in [-0.2, -0.15) is 5.10 Å². The molecule has 1 saturated heterocycles. The number of ether oxygens (including phenoxy) is 1. The van der Waals surface area contributed by atoms with E-state index in [1.807, 2.05) is 6.92 Å². The van der Waals surface area contributed by atoms with Crippen LogP contribution >= 0.6 is 0 Å². The minimum atomic E-state index is -0.0356. The van der Waals surface area contributed by atoms with Crippen LogP contribution in [0, 0.1) is 0 Å². The molecule has 7 heteroatoms. The Morgan fingerprint density at radius 3 is 2.85 bits per heavy atom. The van der Waals surface area contributed by atoms with E-state index < -0.39 is 0 Å². The van der Waals surface area contributed by atoms with E-state index in [2.05, 4.69) is 10.4 Å². The highest BCUT2D eigenvalue weighted by atomic mass is 16.5. The van der Waals surface area contributed by atoms with Gasteiger partial charge in [0.25, 0.3) is 0 Å². The SMILES string of the molecule is CCCC(=O)Nc1cnn(CC(=O)N2CCOCC2)c1. The molecule has 1 fully saturated rings. The topological polar surface area (TPSA) is 76.5 Å². The van der Waals surface area contributed by atoms with Gasteiger partial charge in [-0.3, -0.25) is 14.3 Å². The van der Waals surface area contributed by atoms with E-state index in [1.54, 1.807) is 22.0 Å². The van der Waals surface area contributed by atoms with Crippen molar-refractivity contribution >= 4 is 17.5 Å². The van der Waals surface area contributed by atoms with Crippen molar-refractivity contribution in [2.24, 2.45) is 0 Å². The average Bonchev–Trinajstić information content (AvgIpc) is 2.87. The molecule has 0 aliphatic carbocycles. The lowest BCUT2D eigenvalue weighted by molar-refractivity contribution is -0.136. The van der Waals surface area contributed by atoms with Gasteiger partial charge < -0.3 is 15.0 Å². The third kappa shape index (κ3) is 4.06. The maximum Gasteiger partial charge on any atom is 0.244 e. The highest BCUT2D eigenvalue weighted by molar-refractivity contribution is 5.90. The maximum atomic E-state index is 12.0. The summed E-state index contributed by atoms with van der Waals surface area (Å²) in [6, 6.07) is 0. The van der Waals surface area contributed by atoms with Crippen molar-refractivity contribution in [3.63, 3.8) is 0 Å². The van der Waals surface area contributed by atoms with Gasteiger partial charge >= 0.3 is 0 Å². The molecule has 0 saturated carbocycles. The molecular formula is C13H20N4O3. The highest BCUT2D eigenvalue weighted by Gasteiger charge is 2.17. The monoisotopic (exact) mass is 280 g/mol. The Labute approximate surface area is 117 Å². The molecule has 1 aliphatic heterocycles. The molecule has 1 aromatic rings. The second-order valence-electron chi connectivity index (χ2n) is 4.72. The van der Waals surface area contributed by atoms with E-state index >= 15 is 0 Å². The van der Waals surface area contributed by atoms with Crippen LogP contribution in [0.25, 0.3) is 0 Å². The standard InChI is InChI=1S/C13H20N4O3/c1-2-3-12(18)15-11-8-14-17(9-11)10-13(19)16-4-6-20-7-5-16/h8-9H,2-7,10H2,1H3,(H,15,18). The number of carbonyl (C=O) groups is 2. The Hall–Kier alpha value is -1.89. The number of aromatic nitrogens is 2. The van der Waals surface area contributed by atoms with Crippen molar-refractivity contribution in [1.82, 2.24) is 14.7 Å². The summed E-state index contributed by atoms with van der Waals surface area (Å²) >= 11 is 0. The van der Waals surface area contributed by atoms with Crippen LogP contribution in [0.15, 0.2) is 12.4 Å². The van der Waals surface area contributed by atoms with Crippen molar-refractivity contribution in [3.8, 4) is 0 Å². The summed E-state index contributed by atoms with van der Waals surface area (Å²) in [6.45, 7) is 4.56. The second-order valence-corrected chi connectivity index (χ2v) is 4.72. The fourth-order valence-corrected chi connectivity index (χ4v) is 2.02. The number of nitrogens with zero attached hydrogens (tertiary/aromatic N) is 3. The highest BCUT2D eigenvalue weighted by Crippen LogP contribution is 2.07. The summed E-state index contributed by atoms with van der Waals surface area (Å²) < 4.78 is 6.75. The zero-order chi connectivity index (χ0) is 14.4. The number of carbonyl (C=O) groups excluding carboxylic acids is 2. The van der Waals surface area contributed by atoms with Gasteiger partial charge in [-0.25, -0.2) is 0 Å². The number of hydrogen-bond acceptors (Lipinski definition) is 4. The molecule has 20 heavy (non-hydrogen) atoms. The Balaban J connectivity index is 1.85. The van der Waals surface area contributed by atoms with Crippen molar-refractivity contribution in [1.29, 1.82) is 0 Å². The molecule has 0 bridgehead atoms. The predicted octanol–water partition coefficient (Wildman–Crippen LogP) is 0.480. The van der Waals surface area contributed by atoms with Crippen LogP contribution in [-0.2, 0) is 20.9 Å². The molecule has 2 amide bonds. The Morgan fingerprint density at radius 1 is 1.40 bits per heavy atom. The van der Waals surface area contributed by atoms with Crippen LogP contribution in [0.5, 0.6) is 0 Å². The zero-order valence-corrected chi connectivity index (χ0v) is 11.7. The van der Waals surface area contributed by atoms with Crippen LogP contribution in [0.2, 0.25) is 0 Å². The molecule has 0 radical (unpaired) electrons. The molecule has 2 rings (SSSR count). The number of amides is 2. The van der Waals surface area contributed by atoms with Crippen LogP contribution in [-0.4, -0.2) is 52.8 Å². The van der Waals surface area contributed by atoms with Crippen LogP contribution < -0.4 is 5.32 Å². The minimum Gasteiger partial charge on any atom is -0.378 e. The Kier molecular flexibility index (Phi) is 5.11. The van der Waals surface area contributed by atoms with Crippen LogP contribution in [0.1, 0.15) is 19.8 Å². The summed E-state index contributed by atoms with van der Waals surface area (Å²) in [4.78, 5) is 25.2. The first kappa shape index (κ1) is 14.5. The molecule has 0 aromatic carbocycles. The number of morpholine rings is 1. The summed E-state index contributed by atoms with van der Waals surface area (Å²) in [6.07, 6.45) is 4.51. The van der Waals surface area contributed by atoms with Gasteiger partial charge in [-0.1, -0.05) is 6.92 Å².